The summed E-state index contributed by atoms with van der Waals surface area (Å²) >= 11 is 1.36. The summed E-state index contributed by atoms with van der Waals surface area (Å²) in [5, 5.41) is 24.7. The molecular formula is C27H25FN4O3S. The van der Waals surface area contributed by atoms with E-state index in [-0.39, 0.29) is 5.56 Å². The normalized spacial score (nSPS) is 17.9. The van der Waals surface area contributed by atoms with E-state index in [1.54, 1.807) is 36.7 Å². The van der Waals surface area contributed by atoms with Gasteiger partial charge in [-0.1, -0.05) is 6.07 Å². The van der Waals surface area contributed by atoms with Crippen LogP contribution in [-0.4, -0.2) is 31.1 Å². The second kappa shape index (κ2) is 9.40. The quantitative estimate of drug-likeness (QED) is 0.298. The number of nitrogens with zero attached hydrogens (tertiary/aromatic N) is 3. The number of anilines is 2. The van der Waals surface area contributed by atoms with E-state index in [2.05, 4.69) is 15.3 Å². The number of fused-ring (bicyclic) bond motifs is 1. The van der Waals surface area contributed by atoms with Gasteiger partial charge in [0.25, 0.3) is 0 Å². The number of hydrogen-bond acceptors (Lipinski definition) is 7. The Labute approximate surface area is 211 Å². The molecule has 4 aromatic rings. The van der Waals surface area contributed by atoms with E-state index >= 15 is 0 Å². The number of carbonyl (C=O) groups is 1. The van der Waals surface area contributed by atoms with Crippen molar-refractivity contribution in [1.29, 1.82) is 0 Å². The zero-order valence-corrected chi connectivity index (χ0v) is 20.6. The second-order valence-electron chi connectivity index (χ2n) is 9.05. The molecule has 0 bridgehead atoms. The van der Waals surface area contributed by atoms with Gasteiger partial charge in [-0.15, -0.1) is 11.3 Å². The summed E-state index contributed by atoms with van der Waals surface area (Å²) in [6.07, 6.45) is 4.10. The van der Waals surface area contributed by atoms with Crippen LogP contribution in [0.15, 0.2) is 54.9 Å². The number of aromatic nitrogens is 3. The molecule has 3 N–H and O–H groups in total. The Hall–Kier alpha value is -3.69. The topological polar surface area (TPSA) is 108 Å². The summed E-state index contributed by atoms with van der Waals surface area (Å²) in [5.74, 6) is 0.0819. The van der Waals surface area contributed by atoms with E-state index < -0.39 is 17.7 Å². The highest BCUT2D eigenvalue weighted by molar-refractivity contribution is 7.15. The molecule has 7 nitrogen and oxygen atoms in total. The number of aromatic carboxylic acids is 1. The Balaban J connectivity index is 1.46. The van der Waals surface area contributed by atoms with Crippen LogP contribution in [0.5, 0.6) is 0 Å². The van der Waals surface area contributed by atoms with Gasteiger partial charge in [0.05, 0.1) is 16.1 Å². The fourth-order valence-corrected chi connectivity index (χ4v) is 5.57. The molecule has 1 aliphatic carbocycles. The Morgan fingerprint density at radius 2 is 2.00 bits per heavy atom. The van der Waals surface area contributed by atoms with E-state index in [1.165, 1.54) is 24.3 Å². The van der Waals surface area contributed by atoms with E-state index in [9.17, 15) is 19.4 Å². The molecule has 2 atom stereocenters. The highest BCUT2D eigenvalue weighted by atomic mass is 32.1. The van der Waals surface area contributed by atoms with Gasteiger partial charge >= 0.3 is 5.97 Å². The Kier molecular flexibility index (Phi) is 6.27. The predicted molar refractivity (Wildman–Crippen MR) is 136 cm³/mol. The first-order valence-electron chi connectivity index (χ1n) is 11.6. The minimum atomic E-state index is -1.29. The molecule has 0 fully saturated rings. The van der Waals surface area contributed by atoms with Gasteiger partial charge in [0.2, 0.25) is 0 Å². The Bertz CT molecular complexity index is 1450. The number of aliphatic hydroxyl groups is 1. The molecule has 3 aromatic heterocycles. The van der Waals surface area contributed by atoms with Gasteiger partial charge in [-0.2, -0.15) is 0 Å². The predicted octanol–water partition coefficient (Wildman–Crippen LogP) is 5.95. The minimum Gasteiger partial charge on any atom is -0.478 e. The van der Waals surface area contributed by atoms with Crippen molar-refractivity contribution in [3.63, 3.8) is 0 Å². The third-order valence-corrected chi connectivity index (χ3v) is 7.53. The number of hydrogen-bond donors (Lipinski definition) is 3. The summed E-state index contributed by atoms with van der Waals surface area (Å²) in [5.41, 5.74) is 2.65. The van der Waals surface area contributed by atoms with Crippen molar-refractivity contribution in [2.45, 2.75) is 44.9 Å². The Morgan fingerprint density at radius 3 is 2.78 bits per heavy atom. The maximum atomic E-state index is 13.7. The molecule has 0 radical (unpaired) electrons. The molecule has 0 saturated heterocycles. The first kappa shape index (κ1) is 24.0. The van der Waals surface area contributed by atoms with Crippen molar-refractivity contribution in [2.24, 2.45) is 0 Å². The first-order valence-corrected chi connectivity index (χ1v) is 12.5. The standard InChI is InChI=1S/C27H25FN4O3S/c1-15-10-21(31-24(11-15)32-23-13-17(16(2)28)7-9-29-23)22-14-30-26(36-22)27(35)8-3-4-18-12-19(25(33)34)5-6-20(18)27/h5-7,9-14,16,35H,3-4,8H2,1-2H3,(H,33,34)(H,29,31,32)/t16-,27+/m0/s1. The van der Waals surface area contributed by atoms with Crippen molar-refractivity contribution >= 4 is 28.9 Å². The van der Waals surface area contributed by atoms with Crippen LogP contribution < -0.4 is 5.32 Å². The number of rotatable bonds is 6. The number of thiazole rings is 1. The summed E-state index contributed by atoms with van der Waals surface area (Å²) in [7, 11) is 0. The van der Waals surface area contributed by atoms with Gasteiger partial charge in [0.15, 0.2) is 0 Å². The van der Waals surface area contributed by atoms with Crippen LogP contribution in [0.2, 0.25) is 0 Å². The fraction of sp³-hybridized carbons (Fsp3) is 0.259. The van der Waals surface area contributed by atoms with Crippen molar-refractivity contribution in [1.82, 2.24) is 15.0 Å². The van der Waals surface area contributed by atoms with Crippen LogP contribution in [0.4, 0.5) is 16.0 Å². The number of pyridine rings is 2. The molecule has 0 spiro atoms. The number of carboxylic acids is 1. The second-order valence-corrected chi connectivity index (χ2v) is 10.1. The minimum absolute atomic E-state index is 0.211. The molecular weight excluding hydrogens is 479 g/mol. The zero-order chi connectivity index (χ0) is 25.4. The van der Waals surface area contributed by atoms with E-state index in [1.807, 2.05) is 19.1 Å². The third kappa shape index (κ3) is 4.59. The molecule has 9 heteroatoms. The van der Waals surface area contributed by atoms with Crippen LogP contribution in [0.25, 0.3) is 10.6 Å². The van der Waals surface area contributed by atoms with Gasteiger partial charge in [-0.3, -0.25) is 0 Å². The first-order chi connectivity index (χ1) is 17.2. The molecule has 1 aliphatic rings. The summed E-state index contributed by atoms with van der Waals surface area (Å²) in [4.78, 5) is 25.7. The summed E-state index contributed by atoms with van der Waals surface area (Å²) in [6.45, 7) is 3.43. The maximum Gasteiger partial charge on any atom is 0.335 e. The lowest BCUT2D eigenvalue weighted by Crippen LogP contribution is -2.32. The van der Waals surface area contributed by atoms with E-state index in [4.69, 9.17) is 4.98 Å². The molecule has 0 aliphatic heterocycles. The Morgan fingerprint density at radius 1 is 1.17 bits per heavy atom. The fourth-order valence-electron chi connectivity index (χ4n) is 4.56. The van der Waals surface area contributed by atoms with E-state index in [0.29, 0.717) is 46.3 Å². The summed E-state index contributed by atoms with van der Waals surface area (Å²) < 4.78 is 13.7. The smallest absolute Gasteiger partial charge is 0.335 e. The summed E-state index contributed by atoms with van der Waals surface area (Å²) in [6, 6.07) is 12.0. The molecule has 36 heavy (non-hydrogen) atoms. The van der Waals surface area contributed by atoms with Crippen LogP contribution in [0, 0.1) is 6.92 Å². The average molecular weight is 505 g/mol. The molecule has 3 heterocycles. The lowest BCUT2D eigenvalue weighted by atomic mass is 9.79. The van der Waals surface area contributed by atoms with Gasteiger partial charge < -0.3 is 15.5 Å². The van der Waals surface area contributed by atoms with Crippen molar-refractivity contribution in [3.05, 3.63) is 87.7 Å². The number of carboxylic acid groups (broad SMARTS) is 1. The van der Waals surface area contributed by atoms with Gasteiger partial charge in [-0.25, -0.2) is 24.1 Å². The number of nitrogens with one attached hydrogen (secondary N) is 1. The molecule has 0 amide bonds. The SMILES string of the molecule is Cc1cc(Nc2cc([C@H](C)F)ccn2)nc(-c2cnc([C@@]3(O)CCCc4cc(C(=O)O)ccc43)s2)c1. The van der Waals surface area contributed by atoms with Crippen molar-refractivity contribution < 1.29 is 19.4 Å². The van der Waals surface area contributed by atoms with Gasteiger partial charge in [0.1, 0.15) is 28.4 Å². The number of aryl methyl sites for hydroxylation is 2. The monoisotopic (exact) mass is 504 g/mol. The number of alkyl halides is 1. The molecule has 5 rings (SSSR count). The molecule has 0 saturated carbocycles. The zero-order valence-electron chi connectivity index (χ0n) is 19.8. The van der Waals surface area contributed by atoms with Crippen LogP contribution in [0.3, 0.4) is 0 Å². The van der Waals surface area contributed by atoms with Crippen molar-refractivity contribution in [3.8, 4) is 10.6 Å². The molecule has 1 aromatic carbocycles. The highest BCUT2D eigenvalue weighted by Gasteiger charge is 2.39. The lowest BCUT2D eigenvalue weighted by molar-refractivity contribution is 0.0607. The third-order valence-electron chi connectivity index (χ3n) is 6.36. The largest absolute Gasteiger partial charge is 0.478 e. The average Bonchev–Trinajstić information content (AvgIpc) is 3.35. The van der Waals surface area contributed by atoms with Crippen LogP contribution in [0.1, 0.15) is 63.6 Å². The van der Waals surface area contributed by atoms with Crippen LogP contribution in [-0.2, 0) is 12.0 Å². The molecule has 184 valence electrons. The lowest BCUT2D eigenvalue weighted by Gasteiger charge is -2.33. The maximum absolute atomic E-state index is 13.7. The number of benzene rings is 1. The highest BCUT2D eigenvalue weighted by Crippen LogP contribution is 2.43. The van der Waals surface area contributed by atoms with Crippen molar-refractivity contribution in [2.75, 3.05) is 5.32 Å². The number of halogens is 1. The van der Waals surface area contributed by atoms with Crippen LogP contribution >= 0.6 is 11.3 Å². The van der Waals surface area contributed by atoms with E-state index in [0.717, 1.165) is 22.4 Å². The molecule has 0 unspecified atom stereocenters. The van der Waals surface area contributed by atoms with Gasteiger partial charge in [-0.05, 0) is 91.8 Å². The van der Waals surface area contributed by atoms with Gasteiger partial charge in [0, 0.05) is 12.4 Å².